The molecule has 1 saturated heterocycles. The summed E-state index contributed by atoms with van der Waals surface area (Å²) in [4.78, 5) is 36.3. The van der Waals surface area contributed by atoms with E-state index in [4.69, 9.17) is 9.47 Å². The molecule has 1 aromatic heterocycles. The van der Waals surface area contributed by atoms with Crippen molar-refractivity contribution in [3.05, 3.63) is 41.9 Å². The average molecular weight is 564 g/mol. The molecule has 3 atom stereocenters. The van der Waals surface area contributed by atoms with Gasteiger partial charge < -0.3 is 19.7 Å². The summed E-state index contributed by atoms with van der Waals surface area (Å²) in [7, 11) is 4.77. The molecule has 2 aliphatic heterocycles. The minimum absolute atomic E-state index is 0.0294. The third-order valence-electron chi connectivity index (χ3n) is 7.16. The Morgan fingerprint density at radius 1 is 1.10 bits per heavy atom. The zero-order valence-corrected chi connectivity index (χ0v) is 22.5. The van der Waals surface area contributed by atoms with E-state index in [2.05, 4.69) is 20.2 Å². The third-order valence-corrected chi connectivity index (χ3v) is 7.16. The minimum Gasteiger partial charge on any atom is -0.491 e. The number of pyridine rings is 1. The molecule has 1 unspecified atom stereocenters. The number of hydrogen-bond donors (Lipinski definition) is 1. The molecule has 2 aliphatic rings. The Hall–Kier alpha value is -4.00. The van der Waals surface area contributed by atoms with E-state index in [0.717, 1.165) is 0 Å². The van der Waals surface area contributed by atoms with Crippen LogP contribution >= 0.6 is 0 Å². The average Bonchev–Trinajstić information content (AvgIpc) is 2.91. The highest BCUT2D eigenvalue weighted by atomic mass is 19.4. The van der Waals surface area contributed by atoms with Crippen molar-refractivity contribution in [3.63, 3.8) is 0 Å². The molecule has 9 nitrogen and oxygen atoms in total. The number of aromatic nitrogens is 1. The van der Waals surface area contributed by atoms with Gasteiger partial charge in [0, 0.05) is 54.8 Å². The second kappa shape index (κ2) is 11.2. The molecule has 0 aliphatic carbocycles. The van der Waals surface area contributed by atoms with Gasteiger partial charge in [0.2, 0.25) is 5.91 Å². The molecular weight excluding hydrogens is 534 g/mol. The first-order chi connectivity index (χ1) is 18.8. The van der Waals surface area contributed by atoms with E-state index in [-0.39, 0.29) is 40.5 Å². The molecule has 1 N–H and O–H groups in total. The number of anilines is 2. The van der Waals surface area contributed by atoms with Crippen LogP contribution in [0.3, 0.4) is 0 Å². The van der Waals surface area contributed by atoms with E-state index >= 15 is 4.39 Å². The number of amides is 2. The van der Waals surface area contributed by atoms with Crippen LogP contribution in [-0.2, 0) is 9.59 Å². The van der Waals surface area contributed by atoms with E-state index in [1.54, 1.807) is 0 Å². The highest BCUT2D eigenvalue weighted by Crippen LogP contribution is 2.39. The molecule has 3 heterocycles. The Kier molecular flexibility index (Phi) is 8.15. The lowest BCUT2D eigenvalue weighted by Gasteiger charge is -2.44. The van der Waals surface area contributed by atoms with Crippen molar-refractivity contribution in [2.24, 2.45) is 10.9 Å². The van der Waals surface area contributed by atoms with E-state index in [1.165, 1.54) is 38.6 Å². The number of alkyl halides is 3. The summed E-state index contributed by atoms with van der Waals surface area (Å²) in [6.45, 7) is 4.95. The number of benzene rings is 1. The molecule has 40 heavy (non-hydrogen) atoms. The van der Waals surface area contributed by atoms with Crippen molar-refractivity contribution in [2.75, 3.05) is 44.6 Å². The summed E-state index contributed by atoms with van der Waals surface area (Å²) in [5.41, 5.74) is -0.622. The lowest BCUT2D eigenvalue weighted by molar-refractivity contribution is -0.124. The monoisotopic (exact) mass is 563 g/mol. The molecule has 0 radical (unpaired) electrons. The molecule has 4 rings (SSSR count). The number of carbonyl (C=O) groups is 2. The second-order valence-electron chi connectivity index (χ2n) is 9.73. The van der Waals surface area contributed by atoms with Crippen LogP contribution in [0.1, 0.15) is 13.8 Å². The Morgan fingerprint density at radius 3 is 2.38 bits per heavy atom. The molecule has 13 heteroatoms. The number of nitrogens with one attached hydrogen (secondary N) is 1. The molecule has 2 aromatic rings. The van der Waals surface area contributed by atoms with Gasteiger partial charge in [-0.1, -0.05) is 0 Å². The summed E-state index contributed by atoms with van der Waals surface area (Å²) in [6, 6.07) is 4.23. The fourth-order valence-electron chi connectivity index (χ4n) is 4.79. The van der Waals surface area contributed by atoms with Crippen molar-refractivity contribution in [1.82, 2.24) is 9.88 Å². The lowest BCUT2D eigenvalue weighted by Crippen LogP contribution is -2.55. The molecule has 1 aromatic carbocycles. The zero-order valence-electron chi connectivity index (χ0n) is 22.5. The number of methoxy groups -OCH3 is 2. The van der Waals surface area contributed by atoms with Gasteiger partial charge >= 0.3 is 6.18 Å². The normalized spacial score (nSPS) is 21.7. The third kappa shape index (κ3) is 5.79. The Bertz CT molecular complexity index is 1370. The highest BCUT2D eigenvalue weighted by molar-refractivity contribution is 6.11. The number of dihydropyridines is 1. The predicted molar refractivity (Wildman–Crippen MR) is 141 cm³/mol. The fraction of sp³-hybridized carbons (Fsp3) is 0.407. The SMILES string of the molecule is COc1cc(-c2cc(NC(=O)C3C=NC(=O)C=C3C(F)(F)F)c(N3C[C@@H](C)N(C)[C@@H](C)C3)cc2F)cnc1OC. The van der Waals surface area contributed by atoms with E-state index < -0.39 is 35.3 Å². The van der Waals surface area contributed by atoms with Gasteiger partial charge in [0.05, 0.1) is 31.2 Å². The van der Waals surface area contributed by atoms with Crippen molar-refractivity contribution < 1.29 is 36.6 Å². The van der Waals surface area contributed by atoms with Gasteiger partial charge in [-0.25, -0.2) is 14.4 Å². The van der Waals surface area contributed by atoms with Gasteiger partial charge in [0.1, 0.15) is 11.7 Å². The standard InChI is InChI=1S/C27H29F4N5O4/c1-14-12-36(13-15(2)35(14)3)22-9-20(28)17(16-6-23(39-4)26(40-5)33-10-16)7-21(22)34-25(38)18-11-32-24(37)8-19(18)27(29,30)31/h6-11,14-15,18H,12-13H2,1-5H3,(H,34,38)/t14-,15+,18?. The van der Waals surface area contributed by atoms with Crippen LogP contribution < -0.4 is 19.7 Å². The summed E-state index contributed by atoms with van der Waals surface area (Å²) < 4.78 is 67.1. The molecule has 0 bridgehead atoms. The van der Waals surface area contributed by atoms with Gasteiger partial charge in [-0.15, -0.1) is 0 Å². The van der Waals surface area contributed by atoms with Crippen molar-refractivity contribution in [2.45, 2.75) is 32.1 Å². The topological polar surface area (TPSA) is 96.4 Å². The Balaban J connectivity index is 1.80. The quantitative estimate of drug-likeness (QED) is 0.529. The molecule has 1 fully saturated rings. The number of rotatable bonds is 6. The van der Waals surface area contributed by atoms with Crippen molar-refractivity contribution in [3.8, 4) is 22.8 Å². The minimum atomic E-state index is -4.94. The van der Waals surface area contributed by atoms with E-state index in [0.29, 0.717) is 31.1 Å². The summed E-state index contributed by atoms with van der Waals surface area (Å²) in [6.07, 6.45) is -2.60. The number of aliphatic imine (C=N–C) groups is 1. The smallest absolute Gasteiger partial charge is 0.414 e. The van der Waals surface area contributed by atoms with Crippen molar-refractivity contribution >= 4 is 29.4 Å². The van der Waals surface area contributed by atoms with Crippen LogP contribution in [0.15, 0.2) is 41.0 Å². The van der Waals surface area contributed by atoms with Gasteiger partial charge in [0.15, 0.2) is 5.75 Å². The first-order valence-corrected chi connectivity index (χ1v) is 12.4. The number of ether oxygens (including phenoxy) is 2. The number of halogens is 4. The number of carbonyl (C=O) groups excluding carboxylic acids is 2. The van der Waals surface area contributed by atoms with Gasteiger partial charge in [0.25, 0.3) is 11.8 Å². The van der Waals surface area contributed by atoms with Crippen LogP contribution in [0, 0.1) is 11.7 Å². The van der Waals surface area contributed by atoms with Gasteiger partial charge in [-0.2, -0.15) is 13.2 Å². The summed E-state index contributed by atoms with van der Waals surface area (Å²) in [5, 5.41) is 2.54. The number of piperazine rings is 1. The zero-order chi connectivity index (χ0) is 29.4. The van der Waals surface area contributed by atoms with E-state index in [1.807, 2.05) is 25.8 Å². The summed E-state index contributed by atoms with van der Waals surface area (Å²) >= 11 is 0. The molecule has 214 valence electrons. The van der Waals surface area contributed by atoms with Crippen LogP contribution in [-0.4, -0.2) is 80.5 Å². The van der Waals surface area contributed by atoms with E-state index in [9.17, 15) is 22.8 Å². The molecule has 2 amide bonds. The molecule has 0 spiro atoms. The molecule has 0 saturated carbocycles. The first kappa shape index (κ1) is 29.0. The lowest BCUT2D eigenvalue weighted by atomic mass is 9.95. The number of hydrogen-bond acceptors (Lipinski definition) is 7. The van der Waals surface area contributed by atoms with Crippen LogP contribution in [0.5, 0.6) is 11.6 Å². The van der Waals surface area contributed by atoms with Gasteiger partial charge in [-0.05, 0) is 39.1 Å². The van der Waals surface area contributed by atoms with Crippen LogP contribution in [0.2, 0.25) is 0 Å². The van der Waals surface area contributed by atoms with Crippen molar-refractivity contribution in [1.29, 1.82) is 0 Å². The molecular formula is C27H29F4N5O4. The fourth-order valence-corrected chi connectivity index (χ4v) is 4.79. The predicted octanol–water partition coefficient (Wildman–Crippen LogP) is 4.09. The highest BCUT2D eigenvalue weighted by Gasteiger charge is 2.43. The summed E-state index contributed by atoms with van der Waals surface area (Å²) in [5.74, 6) is -4.27. The number of nitrogens with zero attached hydrogens (tertiary/aromatic N) is 4. The maximum absolute atomic E-state index is 15.6. The Labute approximate surface area is 228 Å². The maximum Gasteiger partial charge on any atom is 0.414 e. The largest absolute Gasteiger partial charge is 0.491 e. The van der Waals surface area contributed by atoms with Crippen LogP contribution in [0.25, 0.3) is 11.1 Å². The Morgan fingerprint density at radius 2 is 1.77 bits per heavy atom. The first-order valence-electron chi connectivity index (χ1n) is 12.4. The number of likely N-dealkylation sites (N-methyl/N-ethyl adjacent to an activating group) is 1. The maximum atomic E-state index is 15.6. The van der Waals surface area contributed by atoms with Gasteiger partial charge in [-0.3, -0.25) is 14.5 Å². The second-order valence-corrected chi connectivity index (χ2v) is 9.73. The van der Waals surface area contributed by atoms with Crippen LogP contribution in [0.4, 0.5) is 28.9 Å².